The van der Waals surface area contributed by atoms with Crippen LogP contribution in [0.15, 0.2) is 24.3 Å². The molecule has 1 aromatic carbocycles. The lowest BCUT2D eigenvalue weighted by Gasteiger charge is -2.32. The molecule has 0 aromatic heterocycles. The summed E-state index contributed by atoms with van der Waals surface area (Å²) in [5, 5.41) is 3.17. The summed E-state index contributed by atoms with van der Waals surface area (Å²) in [5.41, 5.74) is 0. The Morgan fingerprint density at radius 3 is 2.71 bits per heavy atom. The van der Waals surface area contributed by atoms with Gasteiger partial charge >= 0.3 is 0 Å². The lowest BCUT2D eigenvalue weighted by molar-refractivity contribution is 0.110. The van der Waals surface area contributed by atoms with E-state index in [4.69, 9.17) is 4.74 Å². The Morgan fingerprint density at radius 1 is 1.43 bits per heavy atom. The van der Waals surface area contributed by atoms with Crippen molar-refractivity contribution in [2.75, 3.05) is 13.1 Å². The van der Waals surface area contributed by atoms with E-state index in [1.54, 1.807) is 18.2 Å². The fraction of sp³-hybridized carbons (Fsp3) is 0.455. The number of nitrogens with one attached hydrogen (secondary N) is 1. The Balaban J connectivity index is 1.99. The number of ether oxygens (including phenoxy) is 1. The van der Waals surface area contributed by atoms with E-state index in [1.807, 2.05) is 6.92 Å². The first-order valence-corrected chi connectivity index (χ1v) is 4.89. The van der Waals surface area contributed by atoms with E-state index in [9.17, 15) is 4.39 Å². The van der Waals surface area contributed by atoms with E-state index in [1.165, 1.54) is 6.07 Å². The van der Waals surface area contributed by atoms with Crippen LogP contribution in [0.1, 0.15) is 6.92 Å². The van der Waals surface area contributed by atoms with Gasteiger partial charge in [-0.2, -0.15) is 0 Å². The van der Waals surface area contributed by atoms with Crippen molar-refractivity contribution in [2.45, 2.75) is 13.0 Å². The van der Waals surface area contributed by atoms with Gasteiger partial charge in [0, 0.05) is 19.0 Å². The Kier molecular flexibility index (Phi) is 2.68. The molecule has 1 saturated heterocycles. The quantitative estimate of drug-likeness (QED) is 0.794. The van der Waals surface area contributed by atoms with Crippen molar-refractivity contribution in [3.63, 3.8) is 0 Å². The molecule has 1 heterocycles. The predicted molar refractivity (Wildman–Crippen MR) is 52.8 cm³/mol. The van der Waals surface area contributed by atoms with Crippen molar-refractivity contribution in [1.82, 2.24) is 5.32 Å². The highest BCUT2D eigenvalue weighted by molar-refractivity contribution is 5.23. The maximum Gasteiger partial charge on any atom is 0.165 e. The number of halogens is 1. The molecule has 1 unspecified atom stereocenters. The van der Waals surface area contributed by atoms with Crippen LogP contribution in [0.4, 0.5) is 4.39 Å². The van der Waals surface area contributed by atoms with Gasteiger partial charge in [-0.3, -0.25) is 0 Å². The van der Waals surface area contributed by atoms with E-state index >= 15 is 0 Å². The van der Waals surface area contributed by atoms with E-state index < -0.39 is 0 Å². The summed E-state index contributed by atoms with van der Waals surface area (Å²) in [6, 6.07) is 6.53. The van der Waals surface area contributed by atoms with E-state index in [0.717, 1.165) is 13.1 Å². The third kappa shape index (κ3) is 1.87. The van der Waals surface area contributed by atoms with Gasteiger partial charge in [-0.1, -0.05) is 12.1 Å². The molecule has 0 spiro atoms. The molecule has 1 fully saturated rings. The minimum absolute atomic E-state index is 0.0770. The van der Waals surface area contributed by atoms with Crippen molar-refractivity contribution in [3.05, 3.63) is 30.1 Å². The Morgan fingerprint density at radius 2 is 2.14 bits per heavy atom. The molecule has 3 heteroatoms. The summed E-state index contributed by atoms with van der Waals surface area (Å²) in [6.45, 7) is 3.92. The average Bonchev–Trinajstić information content (AvgIpc) is 2.05. The van der Waals surface area contributed by atoms with E-state index in [-0.39, 0.29) is 11.9 Å². The minimum atomic E-state index is -0.286. The largest absolute Gasteiger partial charge is 0.487 e. The maximum absolute atomic E-state index is 13.2. The molecule has 2 nitrogen and oxygen atoms in total. The molecule has 0 saturated carbocycles. The molecule has 1 atom stereocenters. The summed E-state index contributed by atoms with van der Waals surface area (Å²) < 4.78 is 18.7. The third-order valence-electron chi connectivity index (χ3n) is 2.63. The molecule has 1 aliphatic rings. The summed E-state index contributed by atoms with van der Waals surface area (Å²) in [4.78, 5) is 0. The molecule has 2 rings (SSSR count). The second-order valence-corrected chi connectivity index (χ2v) is 3.67. The molecular weight excluding hydrogens is 181 g/mol. The van der Waals surface area contributed by atoms with Gasteiger partial charge in [0.1, 0.15) is 6.10 Å². The van der Waals surface area contributed by atoms with Crippen molar-refractivity contribution >= 4 is 0 Å². The minimum Gasteiger partial charge on any atom is -0.487 e. The van der Waals surface area contributed by atoms with Crippen LogP contribution < -0.4 is 10.1 Å². The highest BCUT2D eigenvalue weighted by Crippen LogP contribution is 2.20. The molecular formula is C11H14FNO. The first-order valence-electron chi connectivity index (χ1n) is 4.89. The van der Waals surface area contributed by atoms with Gasteiger partial charge in [0.05, 0.1) is 0 Å². The Bertz CT molecular complexity index is 312. The molecule has 1 aliphatic heterocycles. The smallest absolute Gasteiger partial charge is 0.165 e. The van der Waals surface area contributed by atoms with Gasteiger partial charge < -0.3 is 10.1 Å². The van der Waals surface area contributed by atoms with Crippen molar-refractivity contribution < 1.29 is 9.13 Å². The number of hydrogen-bond acceptors (Lipinski definition) is 2. The van der Waals surface area contributed by atoms with Crippen LogP contribution in [0.25, 0.3) is 0 Å². The summed E-state index contributed by atoms with van der Waals surface area (Å²) >= 11 is 0. The highest BCUT2D eigenvalue weighted by atomic mass is 19.1. The molecule has 14 heavy (non-hydrogen) atoms. The molecule has 1 N–H and O–H groups in total. The number of para-hydroxylation sites is 1. The fourth-order valence-electron chi connectivity index (χ4n) is 1.48. The van der Waals surface area contributed by atoms with Crippen molar-refractivity contribution in [3.8, 4) is 5.75 Å². The van der Waals surface area contributed by atoms with Crippen LogP contribution in [-0.2, 0) is 0 Å². The van der Waals surface area contributed by atoms with Crippen LogP contribution in [0.5, 0.6) is 5.75 Å². The van der Waals surface area contributed by atoms with Crippen LogP contribution >= 0.6 is 0 Å². The zero-order valence-electron chi connectivity index (χ0n) is 8.16. The molecule has 0 amide bonds. The number of rotatable bonds is 3. The predicted octanol–water partition coefficient (Wildman–Crippen LogP) is 1.81. The SMILES string of the molecule is CC(Oc1ccccc1F)C1CNC1. The second-order valence-electron chi connectivity index (χ2n) is 3.67. The second kappa shape index (κ2) is 3.96. The van der Waals surface area contributed by atoms with Gasteiger partial charge in [0.2, 0.25) is 0 Å². The maximum atomic E-state index is 13.2. The van der Waals surface area contributed by atoms with Crippen molar-refractivity contribution in [2.24, 2.45) is 5.92 Å². The summed E-state index contributed by atoms with van der Waals surface area (Å²) in [5.74, 6) is 0.577. The van der Waals surface area contributed by atoms with E-state index in [0.29, 0.717) is 11.7 Å². The number of benzene rings is 1. The Hall–Kier alpha value is -1.09. The number of hydrogen-bond donors (Lipinski definition) is 1. The molecule has 0 radical (unpaired) electrons. The van der Waals surface area contributed by atoms with Gasteiger partial charge in [-0.25, -0.2) is 4.39 Å². The van der Waals surface area contributed by atoms with Crippen LogP contribution in [0.3, 0.4) is 0 Å². The van der Waals surface area contributed by atoms with Gasteiger partial charge in [-0.15, -0.1) is 0 Å². The topological polar surface area (TPSA) is 21.3 Å². The first kappa shape index (κ1) is 9.46. The van der Waals surface area contributed by atoms with Crippen LogP contribution in [-0.4, -0.2) is 19.2 Å². The lowest BCUT2D eigenvalue weighted by atomic mass is 9.98. The van der Waals surface area contributed by atoms with Crippen LogP contribution in [0.2, 0.25) is 0 Å². The molecule has 0 aliphatic carbocycles. The zero-order chi connectivity index (χ0) is 9.97. The summed E-state index contributed by atoms with van der Waals surface area (Å²) in [6.07, 6.45) is 0.0770. The van der Waals surface area contributed by atoms with Crippen molar-refractivity contribution in [1.29, 1.82) is 0 Å². The lowest BCUT2D eigenvalue weighted by Crippen LogP contribution is -2.49. The molecule has 0 bridgehead atoms. The van der Waals surface area contributed by atoms with Gasteiger partial charge in [0.15, 0.2) is 11.6 Å². The third-order valence-corrected chi connectivity index (χ3v) is 2.63. The Labute approximate surface area is 83.1 Å². The summed E-state index contributed by atoms with van der Waals surface area (Å²) in [7, 11) is 0. The first-order chi connectivity index (χ1) is 6.77. The molecule has 1 aromatic rings. The monoisotopic (exact) mass is 195 g/mol. The fourth-order valence-corrected chi connectivity index (χ4v) is 1.48. The van der Waals surface area contributed by atoms with Crippen LogP contribution in [0, 0.1) is 11.7 Å². The van der Waals surface area contributed by atoms with E-state index in [2.05, 4.69) is 5.32 Å². The van der Waals surface area contributed by atoms with Gasteiger partial charge in [0.25, 0.3) is 0 Å². The zero-order valence-corrected chi connectivity index (χ0v) is 8.16. The average molecular weight is 195 g/mol. The molecule has 76 valence electrons. The van der Waals surface area contributed by atoms with Gasteiger partial charge in [-0.05, 0) is 19.1 Å². The standard InChI is InChI=1S/C11H14FNO/c1-8(9-6-13-7-9)14-11-5-3-2-4-10(11)12/h2-5,8-9,13H,6-7H2,1H3. The normalized spacial score (nSPS) is 18.7. The highest BCUT2D eigenvalue weighted by Gasteiger charge is 2.25.